The molecule has 0 bridgehead atoms. The van der Waals surface area contributed by atoms with Crippen molar-refractivity contribution in [2.24, 2.45) is 0 Å². The molecule has 0 amide bonds. The van der Waals surface area contributed by atoms with Gasteiger partial charge in [-0.05, 0) is 12.1 Å². The maximum atomic E-state index is 11.7. The summed E-state index contributed by atoms with van der Waals surface area (Å²) in [6.45, 7) is 0.175. The van der Waals surface area contributed by atoms with Crippen LogP contribution in [-0.2, 0) is 0 Å². The predicted octanol–water partition coefficient (Wildman–Crippen LogP) is 2.80. The maximum absolute atomic E-state index is 11.7. The van der Waals surface area contributed by atoms with Crippen LogP contribution in [0.15, 0.2) is 18.3 Å². The van der Waals surface area contributed by atoms with Gasteiger partial charge in [0, 0.05) is 19.2 Å². The van der Waals surface area contributed by atoms with Gasteiger partial charge in [0.2, 0.25) is 6.43 Å². The zero-order valence-electron chi connectivity index (χ0n) is 6.80. The topological polar surface area (TPSA) is 24.9 Å². The van der Waals surface area contributed by atoms with E-state index in [1.807, 2.05) is 0 Å². The van der Waals surface area contributed by atoms with Crippen LogP contribution in [0.4, 0.5) is 14.6 Å². The van der Waals surface area contributed by atoms with Crippen LogP contribution < -0.4 is 5.32 Å². The Labute approximate surface area is 79.9 Å². The van der Waals surface area contributed by atoms with Crippen molar-refractivity contribution in [3.63, 3.8) is 0 Å². The summed E-state index contributed by atoms with van der Waals surface area (Å²) in [4.78, 5) is 3.89. The fourth-order valence-corrected chi connectivity index (χ4v) is 1.00. The van der Waals surface area contributed by atoms with E-state index >= 15 is 0 Å². The first kappa shape index (κ1) is 10.2. The van der Waals surface area contributed by atoms with E-state index in [-0.39, 0.29) is 13.0 Å². The number of nitrogens with one attached hydrogen (secondary N) is 1. The summed E-state index contributed by atoms with van der Waals surface area (Å²) in [5, 5.41) is 3.16. The molecular weight excluding hydrogens is 198 g/mol. The summed E-state index contributed by atoms with van der Waals surface area (Å²) in [6.07, 6.45) is -0.946. The Morgan fingerprint density at radius 1 is 1.54 bits per heavy atom. The highest BCUT2D eigenvalue weighted by Gasteiger charge is 2.03. The van der Waals surface area contributed by atoms with Gasteiger partial charge in [0.25, 0.3) is 0 Å². The minimum absolute atomic E-state index is 0.175. The Balaban J connectivity index is 2.41. The molecular formula is C8H9ClF2N2. The van der Waals surface area contributed by atoms with Crippen molar-refractivity contribution in [1.82, 2.24) is 4.98 Å². The Bertz CT molecular complexity index is 268. The molecule has 0 unspecified atom stereocenters. The lowest BCUT2D eigenvalue weighted by Crippen LogP contribution is -2.07. The maximum Gasteiger partial charge on any atom is 0.240 e. The number of pyridine rings is 1. The van der Waals surface area contributed by atoms with Gasteiger partial charge in [0.05, 0.1) is 5.02 Å². The molecule has 0 aliphatic heterocycles. The van der Waals surface area contributed by atoms with E-state index < -0.39 is 6.43 Å². The molecule has 0 aliphatic carbocycles. The average molecular weight is 207 g/mol. The van der Waals surface area contributed by atoms with Crippen molar-refractivity contribution < 1.29 is 8.78 Å². The molecule has 1 aromatic rings. The summed E-state index contributed by atoms with van der Waals surface area (Å²) in [7, 11) is 0. The fourth-order valence-electron chi connectivity index (χ4n) is 0.815. The first-order valence-electron chi connectivity index (χ1n) is 3.82. The van der Waals surface area contributed by atoms with Crippen LogP contribution in [0.3, 0.4) is 0 Å². The number of alkyl halides is 2. The highest BCUT2D eigenvalue weighted by Crippen LogP contribution is 2.17. The number of halogens is 3. The van der Waals surface area contributed by atoms with Crippen LogP contribution in [-0.4, -0.2) is 18.0 Å². The normalized spacial score (nSPS) is 10.5. The molecule has 0 radical (unpaired) electrons. The standard InChI is InChI=1S/C8H9ClF2N2/c9-6-2-1-4-12-8(6)13-5-3-7(10)11/h1-2,4,7H,3,5H2,(H,12,13). The van der Waals surface area contributed by atoms with Gasteiger partial charge < -0.3 is 5.32 Å². The van der Waals surface area contributed by atoms with Crippen LogP contribution in [0.1, 0.15) is 6.42 Å². The Kier molecular flexibility index (Phi) is 3.89. The number of anilines is 1. The zero-order valence-corrected chi connectivity index (χ0v) is 7.56. The zero-order chi connectivity index (χ0) is 9.68. The van der Waals surface area contributed by atoms with Gasteiger partial charge in [0.15, 0.2) is 0 Å². The van der Waals surface area contributed by atoms with Crippen molar-refractivity contribution in [2.75, 3.05) is 11.9 Å². The second kappa shape index (κ2) is 4.97. The number of nitrogens with zero attached hydrogens (tertiary/aromatic N) is 1. The smallest absolute Gasteiger partial charge is 0.240 e. The second-order valence-electron chi connectivity index (χ2n) is 2.44. The summed E-state index contributed by atoms with van der Waals surface area (Å²) in [5.74, 6) is 0.449. The molecule has 1 rings (SSSR count). The minimum atomic E-state index is -2.30. The van der Waals surface area contributed by atoms with Crippen LogP contribution in [0.2, 0.25) is 5.02 Å². The van der Waals surface area contributed by atoms with Gasteiger partial charge in [-0.3, -0.25) is 0 Å². The quantitative estimate of drug-likeness (QED) is 0.820. The first-order valence-corrected chi connectivity index (χ1v) is 4.20. The molecule has 13 heavy (non-hydrogen) atoms. The summed E-state index contributed by atoms with van der Waals surface area (Å²) in [5.41, 5.74) is 0. The lowest BCUT2D eigenvalue weighted by Gasteiger charge is -2.05. The molecule has 0 spiro atoms. The molecule has 0 aliphatic rings. The third-order valence-electron chi connectivity index (χ3n) is 1.41. The monoisotopic (exact) mass is 206 g/mol. The van der Waals surface area contributed by atoms with Gasteiger partial charge in [-0.1, -0.05) is 11.6 Å². The molecule has 0 fully saturated rings. The Morgan fingerprint density at radius 2 is 2.31 bits per heavy atom. The van der Waals surface area contributed by atoms with Crippen molar-refractivity contribution in [3.8, 4) is 0 Å². The van der Waals surface area contributed by atoms with Gasteiger partial charge in [-0.15, -0.1) is 0 Å². The lowest BCUT2D eigenvalue weighted by molar-refractivity contribution is 0.142. The van der Waals surface area contributed by atoms with Crippen molar-refractivity contribution in [1.29, 1.82) is 0 Å². The number of hydrogen-bond acceptors (Lipinski definition) is 2. The molecule has 5 heteroatoms. The highest BCUT2D eigenvalue weighted by molar-refractivity contribution is 6.32. The highest BCUT2D eigenvalue weighted by atomic mass is 35.5. The van der Waals surface area contributed by atoms with E-state index in [4.69, 9.17) is 11.6 Å². The van der Waals surface area contributed by atoms with E-state index in [0.717, 1.165) is 0 Å². The van der Waals surface area contributed by atoms with Crippen LogP contribution in [0.25, 0.3) is 0 Å². The van der Waals surface area contributed by atoms with Gasteiger partial charge in [-0.25, -0.2) is 13.8 Å². The SMILES string of the molecule is FC(F)CCNc1ncccc1Cl. The van der Waals surface area contributed by atoms with Gasteiger partial charge >= 0.3 is 0 Å². The third-order valence-corrected chi connectivity index (χ3v) is 1.72. The Hall–Kier alpha value is -0.900. The van der Waals surface area contributed by atoms with E-state index in [2.05, 4.69) is 10.3 Å². The molecule has 0 saturated heterocycles. The minimum Gasteiger partial charge on any atom is -0.369 e. The molecule has 1 aromatic heterocycles. The Morgan fingerprint density at radius 3 is 2.92 bits per heavy atom. The molecule has 2 nitrogen and oxygen atoms in total. The van der Waals surface area contributed by atoms with Crippen molar-refractivity contribution in [2.45, 2.75) is 12.8 Å². The first-order chi connectivity index (χ1) is 6.20. The molecule has 1 heterocycles. The predicted molar refractivity (Wildman–Crippen MR) is 48.4 cm³/mol. The average Bonchev–Trinajstić information content (AvgIpc) is 2.08. The number of hydrogen-bond donors (Lipinski definition) is 1. The van der Waals surface area contributed by atoms with E-state index in [1.165, 1.54) is 0 Å². The van der Waals surface area contributed by atoms with Crippen LogP contribution in [0, 0.1) is 0 Å². The van der Waals surface area contributed by atoms with E-state index in [9.17, 15) is 8.78 Å². The summed E-state index contributed by atoms with van der Waals surface area (Å²) < 4.78 is 23.5. The van der Waals surface area contributed by atoms with Gasteiger partial charge in [0.1, 0.15) is 5.82 Å². The number of aromatic nitrogens is 1. The van der Waals surface area contributed by atoms with Crippen LogP contribution >= 0.6 is 11.6 Å². The summed E-state index contributed by atoms with van der Waals surface area (Å²) >= 11 is 5.73. The second-order valence-corrected chi connectivity index (χ2v) is 2.85. The van der Waals surface area contributed by atoms with Gasteiger partial charge in [-0.2, -0.15) is 0 Å². The van der Waals surface area contributed by atoms with Crippen molar-refractivity contribution in [3.05, 3.63) is 23.4 Å². The van der Waals surface area contributed by atoms with E-state index in [1.54, 1.807) is 18.3 Å². The largest absolute Gasteiger partial charge is 0.369 e. The summed E-state index contributed by atoms with van der Waals surface area (Å²) in [6, 6.07) is 3.33. The molecule has 0 aromatic carbocycles. The molecule has 0 atom stereocenters. The molecule has 72 valence electrons. The lowest BCUT2D eigenvalue weighted by atomic mass is 10.4. The fraction of sp³-hybridized carbons (Fsp3) is 0.375. The van der Waals surface area contributed by atoms with Crippen LogP contribution in [0.5, 0.6) is 0 Å². The third kappa shape index (κ3) is 3.55. The van der Waals surface area contributed by atoms with Crippen molar-refractivity contribution >= 4 is 17.4 Å². The molecule has 0 saturated carbocycles. The molecule has 1 N–H and O–H groups in total. The number of rotatable bonds is 4. The van der Waals surface area contributed by atoms with E-state index in [0.29, 0.717) is 10.8 Å².